The molecule has 5 nitrogen and oxygen atoms in total. The number of nitrogens with one attached hydrogen (secondary N) is 1. The summed E-state index contributed by atoms with van der Waals surface area (Å²) in [6.45, 7) is 3.30. The van der Waals surface area contributed by atoms with Crippen molar-refractivity contribution in [2.75, 3.05) is 34.3 Å². The van der Waals surface area contributed by atoms with Crippen LogP contribution in [0, 0.1) is 5.82 Å². The van der Waals surface area contributed by atoms with E-state index >= 15 is 0 Å². The maximum absolute atomic E-state index is 14.5. The largest absolute Gasteiger partial charge is 0.466 e. The fraction of sp³-hybridized carbons (Fsp3) is 0.444. The molecule has 0 fully saturated rings. The van der Waals surface area contributed by atoms with Crippen LogP contribution in [0.25, 0.3) is 0 Å². The van der Waals surface area contributed by atoms with Gasteiger partial charge in [-0.05, 0) is 58.3 Å². The quantitative estimate of drug-likeness (QED) is 0.585. The second-order valence-corrected chi connectivity index (χ2v) is 7.11. The van der Waals surface area contributed by atoms with E-state index in [-0.39, 0.29) is 10.6 Å². The topological polar surface area (TPSA) is 44.8 Å². The summed E-state index contributed by atoms with van der Waals surface area (Å²) >= 11 is 11.7. The molecule has 1 aromatic carbocycles. The number of ether oxygens (including phenoxy) is 1. The van der Waals surface area contributed by atoms with Gasteiger partial charge in [-0.25, -0.2) is 9.18 Å². The lowest BCUT2D eigenvalue weighted by atomic mass is 9.94. The average Bonchev–Trinajstić information content (AvgIpc) is 2.56. The lowest BCUT2D eigenvalue weighted by Crippen LogP contribution is -2.48. The number of rotatable bonds is 6. The Morgan fingerprint density at radius 1 is 1.46 bits per heavy atom. The van der Waals surface area contributed by atoms with E-state index in [1.54, 1.807) is 13.0 Å². The Bertz CT molecular complexity index is 719. The first-order valence-electron chi connectivity index (χ1n) is 8.23. The van der Waals surface area contributed by atoms with Crippen molar-refractivity contribution >= 4 is 34.9 Å². The molecule has 1 N–H and O–H groups in total. The standard InChI is InChI=1S/C18H23ClFN3O2S/c1-11-14(17(24)25-4)16(15-12(19)7-5-8-13(15)20)21-18(26)23(11)10-6-9-22(2)3/h5,7-8,16H,6,9-10H2,1-4H3,(H,21,26)/t16-/m0/s1. The van der Waals surface area contributed by atoms with Crippen molar-refractivity contribution < 1.29 is 13.9 Å². The zero-order chi connectivity index (χ0) is 19.4. The van der Waals surface area contributed by atoms with Crippen LogP contribution in [0.3, 0.4) is 0 Å². The molecular formula is C18H23ClFN3O2S. The average molecular weight is 400 g/mol. The number of nitrogens with zero attached hydrogens (tertiary/aromatic N) is 2. The van der Waals surface area contributed by atoms with Crippen molar-refractivity contribution in [3.05, 3.63) is 45.9 Å². The van der Waals surface area contributed by atoms with E-state index in [4.69, 9.17) is 28.6 Å². The molecule has 0 saturated carbocycles. The van der Waals surface area contributed by atoms with Gasteiger partial charge in [0.25, 0.3) is 0 Å². The summed E-state index contributed by atoms with van der Waals surface area (Å²) in [5, 5.41) is 3.71. The molecule has 8 heteroatoms. The van der Waals surface area contributed by atoms with Crippen LogP contribution >= 0.6 is 23.8 Å². The Morgan fingerprint density at radius 3 is 2.73 bits per heavy atom. The van der Waals surface area contributed by atoms with Crippen LogP contribution in [0.1, 0.15) is 24.9 Å². The van der Waals surface area contributed by atoms with Crippen LogP contribution in [0.15, 0.2) is 29.5 Å². The number of carbonyl (C=O) groups is 1. The lowest BCUT2D eigenvalue weighted by Gasteiger charge is -2.38. The van der Waals surface area contributed by atoms with Crippen LogP contribution in [0.4, 0.5) is 4.39 Å². The minimum absolute atomic E-state index is 0.184. The van der Waals surface area contributed by atoms with Gasteiger partial charge in [0.15, 0.2) is 5.11 Å². The minimum Gasteiger partial charge on any atom is -0.466 e. The molecule has 142 valence electrons. The highest BCUT2D eigenvalue weighted by Gasteiger charge is 2.36. The molecule has 26 heavy (non-hydrogen) atoms. The number of halogens is 2. The summed E-state index contributed by atoms with van der Waals surface area (Å²) < 4.78 is 19.4. The van der Waals surface area contributed by atoms with E-state index in [2.05, 4.69) is 10.2 Å². The van der Waals surface area contributed by atoms with Gasteiger partial charge in [-0.1, -0.05) is 17.7 Å². The number of benzene rings is 1. The van der Waals surface area contributed by atoms with Crippen LogP contribution in [-0.4, -0.2) is 55.2 Å². The first kappa shape index (κ1) is 20.6. The molecule has 1 aliphatic heterocycles. The van der Waals surface area contributed by atoms with Crippen molar-refractivity contribution in [1.82, 2.24) is 15.1 Å². The number of hydrogen-bond acceptors (Lipinski definition) is 4. The van der Waals surface area contributed by atoms with Crippen molar-refractivity contribution in [2.45, 2.75) is 19.4 Å². The van der Waals surface area contributed by atoms with E-state index in [1.807, 2.05) is 19.0 Å². The second-order valence-electron chi connectivity index (χ2n) is 6.32. The summed E-state index contributed by atoms with van der Waals surface area (Å²) in [6, 6.07) is 3.61. The molecule has 0 aromatic heterocycles. The summed E-state index contributed by atoms with van der Waals surface area (Å²) in [7, 11) is 5.28. The van der Waals surface area contributed by atoms with Gasteiger partial charge in [0.2, 0.25) is 0 Å². The van der Waals surface area contributed by atoms with E-state index in [9.17, 15) is 9.18 Å². The molecule has 2 rings (SSSR count). The molecular weight excluding hydrogens is 377 g/mol. The SMILES string of the molecule is COC(=O)C1=C(C)N(CCCN(C)C)C(=S)N[C@@H]1c1c(F)cccc1Cl. The van der Waals surface area contributed by atoms with Gasteiger partial charge >= 0.3 is 5.97 Å². The maximum atomic E-state index is 14.5. The summed E-state index contributed by atoms with van der Waals surface area (Å²) in [6.07, 6.45) is 0.853. The van der Waals surface area contributed by atoms with Gasteiger partial charge in [0, 0.05) is 22.8 Å². The Kier molecular flexibility index (Phi) is 6.97. The highest BCUT2D eigenvalue weighted by Crippen LogP contribution is 2.36. The molecule has 0 amide bonds. The first-order valence-corrected chi connectivity index (χ1v) is 9.02. The fourth-order valence-corrected chi connectivity index (χ4v) is 3.59. The minimum atomic E-state index is -0.797. The number of methoxy groups -OCH3 is 1. The van der Waals surface area contributed by atoms with Gasteiger partial charge in [0.1, 0.15) is 5.82 Å². The van der Waals surface area contributed by atoms with Crippen LogP contribution < -0.4 is 5.32 Å². The first-order chi connectivity index (χ1) is 12.3. The van der Waals surface area contributed by atoms with Gasteiger partial charge in [-0.15, -0.1) is 0 Å². The lowest BCUT2D eigenvalue weighted by molar-refractivity contribution is -0.136. The zero-order valence-electron chi connectivity index (χ0n) is 15.3. The monoisotopic (exact) mass is 399 g/mol. The predicted molar refractivity (Wildman–Crippen MR) is 104 cm³/mol. The molecule has 0 saturated heterocycles. The molecule has 1 heterocycles. The van der Waals surface area contributed by atoms with Gasteiger partial charge < -0.3 is 19.9 Å². The summed E-state index contributed by atoms with van der Waals surface area (Å²) in [4.78, 5) is 16.4. The fourth-order valence-electron chi connectivity index (χ4n) is 2.97. The zero-order valence-corrected chi connectivity index (χ0v) is 16.9. The Hall–Kier alpha value is -1.70. The Labute approximate surface area is 163 Å². The highest BCUT2D eigenvalue weighted by atomic mass is 35.5. The molecule has 0 spiro atoms. The van der Waals surface area contributed by atoms with Gasteiger partial charge in [0.05, 0.1) is 18.7 Å². The second kappa shape index (κ2) is 8.79. The molecule has 1 aromatic rings. The van der Waals surface area contributed by atoms with Crippen LogP contribution in [-0.2, 0) is 9.53 Å². The van der Waals surface area contributed by atoms with Crippen molar-refractivity contribution in [3.63, 3.8) is 0 Å². The van der Waals surface area contributed by atoms with Crippen LogP contribution in [0.2, 0.25) is 5.02 Å². The molecule has 1 atom stereocenters. The molecule has 0 radical (unpaired) electrons. The normalized spacial score (nSPS) is 17.6. The van der Waals surface area contributed by atoms with E-state index in [0.29, 0.717) is 22.9 Å². The predicted octanol–water partition coefficient (Wildman–Crippen LogP) is 3.11. The number of allylic oxidation sites excluding steroid dienone is 1. The van der Waals surface area contributed by atoms with E-state index < -0.39 is 17.8 Å². The highest BCUT2D eigenvalue weighted by molar-refractivity contribution is 7.80. The molecule has 0 bridgehead atoms. The third-order valence-electron chi connectivity index (χ3n) is 4.28. The summed E-state index contributed by atoms with van der Waals surface area (Å²) in [5.41, 5.74) is 1.13. The molecule has 0 unspecified atom stereocenters. The van der Waals surface area contributed by atoms with Gasteiger partial charge in [-0.2, -0.15) is 0 Å². The number of esters is 1. The van der Waals surface area contributed by atoms with Crippen molar-refractivity contribution in [1.29, 1.82) is 0 Å². The molecule has 0 aliphatic carbocycles. The third kappa shape index (κ3) is 4.34. The van der Waals surface area contributed by atoms with Crippen molar-refractivity contribution in [2.24, 2.45) is 0 Å². The van der Waals surface area contributed by atoms with Crippen molar-refractivity contribution in [3.8, 4) is 0 Å². The molecule has 1 aliphatic rings. The summed E-state index contributed by atoms with van der Waals surface area (Å²) in [5.74, 6) is -1.05. The number of hydrogen-bond donors (Lipinski definition) is 1. The maximum Gasteiger partial charge on any atom is 0.337 e. The van der Waals surface area contributed by atoms with E-state index in [0.717, 1.165) is 13.0 Å². The third-order valence-corrected chi connectivity index (χ3v) is 4.94. The number of carbonyl (C=O) groups excluding carboxylic acids is 1. The Balaban J connectivity index is 2.46. The van der Waals surface area contributed by atoms with E-state index in [1.165, 1.54) is 19.2 Å². The smallest absolute Gasteiger partial charge is 0.337 e. The van der Waals surface area contributed by atoms with Crippen LogP contribution in [0.5, 0.6) is 0 Å². The Morgan fingerprint density at radius 2 is 2.15 bits per heavy atom. The van der Waals surface area contributed by atoms with Gasteiger partial charge in [-0.3, -0.25) is 0 Å². The number of thiocarbonyl (C=S) groups is 1.